The molecule has 0 bridgehead atoms. The molecule has 0 heterocycles. The highest BCUT2D eigenvalue weighted by Crippen LogP contribution is 2.30. The average Bonchev–Trinajstić information content (AvgIpc) is 2.56. The number of nitrogens with zero attached hydrogens (tertiary/aromatic N) is 1. The number of carbonyl (C=O) groups is 1. The lowest BCUT2D eigenvalue weighted by atomic mass is 10.2. The van der Waals surface area contributed by atoms with E-state index in [1.165, 1.54) is 4.31 Å². The van der Waals surface area contributed by atoms with Crippen molar-refractivity contribution in [2.24, 2.45) is 0 Å². The van der Waals surface area contributed by atoms with Crippen LogP contribution in [0.15, 0.2) is 54.6 Å². The molecule has 2 aromatic carbocycles. The summed E-state index contributed by atoms with van der Waals surface area (Å²) in [6.45, 7) is 2.28. The van der Waals surface area contributed by atoms with Gasteiger partial charge in [0, 0.05) is 18.7 Å². The summed E-state index contributed by atoms with van der Waals surface area (Å²) in [5, 5.41) is 2.75. The molecular weight excluding hydrogens is 340 g/mol. The third-order valence-corrected chi connectivity index (χ3v) is 4.61. The number of hydrogen-bond donors (Lipinski definition) is 1. The summed E-state index contributed by atoms with van der Waals surface area (Å²) in [4.78, 5) is 12.1. The molecule has 0 unspecified atom stereocenters. The summed E-state index contributed by atoms with van der Waals surface area (Å²) in [6, 6.07) is 15.9. The summed E-state index contributed by atoms with van der Waals surface area (Å²) in [5.41, 5.74) is 1.10. The van der Waals surface area contributed by atoms with Crippen LogP contribution in [0.1, 0.15) is 13.3 Å². The van der Waals surface area contributed by atoms with Crippen molar-refractivity contribution in [3.8, 4) is 5.75 Å². The first-order valence-corrected chi connectivity index (χ1v) is 9.81. The van der Waals surface area contributed by atoms with E-state index in [0.29, 0.717) is 23.7 Å². The first kappa shape index (κ1) is 18.8. The van der Waals surface area contributed by atoms with Crippen LogP contribution in [0, 0.1) is 0 Å². The van der Waals surface area contributed by atoms with Crippen LogP contribution >= 0.6 is 0 Å². The predicted octanol–water partition coefficient (Wildman–Crippen LogP) is 2.88. The highest BCUT2D eigenvalue weighted by Gasteiger charge is 2.21. The van der Waals surface area contributed by atoms with Gasteiger partial charge in [0.2, 0.25) is 15.9 Å². The number of anilines is 2. The molecule has 1 N–H and O–H groups in total. The van der Waals surface area contributed by atoms with E-state index >= 15 is 0 Å². The molecule has 0 aliphatic heterocycles. The van der Waals surface area contributed by atoms with Gasteiger partial charge in [0.25, 0.3) is 0 Å². The molecule has 0 aromatic heterocycles. The predicted molar refractivity (Wildman–Crippen MR) is 99.5 cm³/mol. The molecule has 0 fully saturated rings. The van der Waals surface area contributed by atoms with Gasteiger partial charge in [0.1, 0.15) is 5.75 Å². The Kier molecular flexibility index (Phi) is 6.41. The molecule has 0 spiro atoms. The van der Waals surface area contributed by atoms with Crippen LogP contribution in [0.2, 0.25) is 0 Å². The maximum Gasteiger partial charge on any atom is 0.232 e. The van der Waals surface area contributed by atoms with Crippen molar-refractivity contribution in [2.45, 2.75) is 13.3 Å². The lowest BCUT2D eigenvalue weighted by Crippen LogP contribution is -2.33. The second-order valence-electron chi connectivity index (χ2n) is 5.40. The van der Waals surface area contributed by atoms with Gasteiger partial charge < -0.3 is 10.1 Å². The fraction of sp³-hybridized carbons (Fsp3) is 0.278. The molecule has 0 saturated heterocycles. The summed E-state index contributed by atoms with van der Waals surface area (Å²) in [7, 11) is -3.55. The maximum absolute atomic E-state index is 12.2. The first-order valence-electron chi connectivity index (χ1n) is 7.96. The quantitative estimate of drug-likeness (QED) is 0.783. The third-order valence-electron chi connectivity index (χ3n) is 3.43. The average molecular weight is 362 g/mol. The van der Waals surface area contributed by atoms with Crippen LogP contribution < -0.4 is 14.4 Å². The zero-order valence-electron chi connectivity index (χ0n) is 14.3. The standard InChI is InChI=1S/C18H22N2O4S/c1-3-24-17-12-8-7-11-16(17)20(25(2,22)23)14-13-18(21)19-15-9-5-4-6-10-15/h4-12H,3,13-14H2,1-2H3,(H,19,21). The molecule has 0 aliphatic rings. The Balaban J connectivity index is 2.13. The zero-order chi connectivity index (χ0) is 18.3. The molecule has 2 aromatic rings. The van der Waals surface area contributed by atoms with E-state index in [2.05, 4.69) is 5.32 Å². The Morgan fingerprint density at radius 2 is 1.72 bits per heavy atom. The third kappa shape index (κ3) is 5.49. The van der Waals surface area contributed by atoms with E-state index in [1.54, 1.807) is 36.4 Å². The first-order chi connectivity index (χ1) is 11.9. The van der Waals surface area contributed by atoms with E-state index in [4.69, 9.17) is 4.74 Å². The minimum atomic E-state index is -3.55. The van der Waals surface area contributed by atoms with Gasteiger partial charge in [-0.3, -0.25) is 9.10 Å². The number of nitrogens with one attached hydrogen (secondary N) is 1. The minimum absolute atomic E-state index is 0.0294. The zero-order valence-corrected chi connectivity index (χ0v) is 15.1. The molecule has 134 valence electrons. The topological polar surface area (TPSA) is 75.7 Å². The number of sulfonamides is 1. The molecule has 6 nitrogen and oxygen atoms in total. The van der Waals surface area contributed by atoms with Crippen LogP contribution in [0.4, 0.5) is 11.4 Å². The van der Waals surface area contributed by atoms with Crippen LogP contribution in [0.5, 0.6) is 5.75 Å². The van der Waals surface area contributed by atoms with Crippen molar-refractivity contribution >= 4 is 27.3 Å². The molecule has 1 amide bonds. The number of rotatable bonds is 8. The van der Waals surface area contributed by atoms with Gasteiger partial charge in [-0.25, -0.2) is 8.42 Å². The Labute approximate surface area is 148 Å². The number of para-hydroxylation sites is 3. The van der Waals surface area contributed by atoms with E-state index in [0.717, 1.165) is 6.26 Å². The molecular formula is C18H22N2O4S. The Hall–Kier alpha value is -2.54. The Morgan fingerprint density at radius 3 is 2.36 bits per heavy atom. The van der Waals surface area contributed by atoms with Crippen LogP contribution in [0.3, 0.4) is 0 Å². The summed E-state index contributed by atoms with van der Waals surface area (Å²) < 4.78 is 31.1. The van der Waals surface area contributed by atoms with Gasteiger partial charge in [-0.15, -0.1) is 0 Å². The van der Waals surface area contributed by atoms with E-state index in [1.807, 2.05) is 25.1 Å². The van der Waals surface area contributed by atoms with Gasteiger partial charge in [-0.1, -0.05) is 30.3 Å². The summed E-state index contributed by atoms with van der Waals surface area (Å²) in [5.74, 6) is 0.215. The Bertz CT molecular complexity index is 807. The van der Waals surface area contributed by atoms with Crippen molar-refractivity contribution in [2.75, 3.05) is 29.0 Å². The van der Waals surface area contributed by atoms with Crippen molar-refractivity contribution < 1.29 is 17.9 Å². The summed E-state index contributed by atoms with van der Waals surface area (Å²) in [6.07, 6.45) is 1.15. The lowest BCUT2D eigenvalue weighted by molar-refractivity contribution is -0.116. The largest absolute Gasteiger partial charge is 0.492 e. The molecule has 0 saturated carbocycles. The lowest BCUT2D eigenvalue weighted by Gasteiger charge is -2.24. The summed E-state index contributed by atoms with van der Waals surface area (Å²) >= 11 is 0. The van der Waals surface area contributed by atoms with Crippen LogP contribution in [-0.4, -0.2) is 33.7 Å². The fourth-order valence-electron chi connectivity index (χ4n) is 2.35. The fourth-order valence-corrected chi connectivity index (χ4v) is 3.28. The molecule has 0 aliphatic carbocycles. The van der Waals surface area contributed by atoms with Gasteiger partial charge in [-0.2, -0.15) is 0 Å². The molecule has 25 heavy (non-hydrogen) atoms. The number of carbonyl (C=O) groups excluding carboxylic acids is 1. The highest BCUT2D eigenvalue weighted by molar-refractivity contribution is 7.92. The monoisotopic (exact) mass is 362 g/mol. The van der Waals surface area contributed by atoms with Crippen molar-refractivity contribution in [3.63, 3.8) is 0 Å². The van der Waals surface area contributed by atoms with Gasteiger partial charge >= 0.3 is 0 Å². The Morgan fingerprint density at radius 1 is 1.08 bits per heavy atom. The van der Waals surface area contributed by atoms with Crippen LogP contribution in [0.25, 0.3) is 0 Å². The second kappa shape index (κ2) is 8.53. The van der Waals surface area contributed by atoms with E-state index < -0.39 is 10.0 Å². The van der Waals surface area contributed by atoms with E-state index in [9.17, 15) is 13.2 Å². The van der Waals surface area contributed by atoms with Crippen molar-refractivity contribution in [3.05, 3.63) is 54.6 Å². The molecule has 2 rings (SSSR count). The maximum atomic E-state index is 12.2. The van der Waals surface area contributed by atoms with Crippen molar-refractivity contribution in [1.82, 2.24) is 0 Å². The molecule has 0 atom stereocenters. The van der Waals surface area contributed by atoms with Gasteiger partial charge in [0.05, 0.1) is 18.6 Å². The number of ether oxygens (including phenoxy) is 1. The second-order valence-corrected chi connectivity index (χ2v) is 7.31. The highest BCUT2D eigenvalue weighted by atomic mass is 32.2. The van der Waals surface area contributed by atoms with Crippen molar-refractivity contribution in [1.29, 1.82) is 0 Å². The van der Waals surface area contributed by atoms with Crippen LogP contribution in [-0.2, 0) is 14.8 Å². The number of benzene rings is 2. The van der Waals surface area contributed by atoms with Gasteiger partial charge in [0.15, 0.2) is 0 Å². The minimum Gasteiger partial charge on any atom is -0.492 e. The molecule has 7 heteroatoms. The number of amides is 1. The number of hydrogen-bond acceptors (Lipinski definition) is 4. The van der Waals surface area contributed by atoms with Gasteiger partial charge in [-0.05, 0) is 31.2 Å². The van der Waals surface area contributed by atoms with E-state index in [-0.39, 0.29) is 18.9 Å². The SMILES string of the molecule is CCOc1ccccc1N(CCC(=O)Nc1ccccc1)S(C)(=O)=O. The normalized spacial score (nSPS) is 11.0. The smallest absolute Gasteiger partial charge is 0.232 e. The molecule has 0 radical (unpaired) electrons.